The summed E-state index contributed by atoms with van der Waals surface area (Å²) in [6.07, 6.45) is -0.378. The number of carbonyl (C=O) groups is 2. The third-order valence-electron chi connectivity index (χ3n) is 2.88. The minimum absolute atomic E-state index is 0.147. The van der Waals surface area contributed by atoms with Crippen molar-refractivity contribution in [3.63, 3.8) is 0 Å². The molecular formula is C13H14F2N2O3. The Kier molecular flexibility index (Phi) is 4.62. The van der Waals surface area contributed by atoms with E-state index in [2.05, 4.69) is 5.32 Å². The van der Waals surface area contributed by atoms with Crippen LogP contribution in [0.25, 0.3) is 0 Å². The van der Waals surface area contributed by atoms with E-state index in [0.717, 1.165) is 12.1 Å². The SMILES string of the molecule is O=C(CC(=O)N1CCOCC1)Nc1ccc(F)cc1F. The number of carbonyl (C=O) groups excluding carboxylic acids is 2. The second-order valence-corrected chi connectivity index (χ2v) is 4.34. The van der Waals surface area contributed by atoms with Crippen LogP contribution < -0.4 is 5.32 Å². The van der Waals surface area contributed by atoms with Gasteiger partial charge in [-0.3, -0.25) is 9.59 Å². The van der Waals surface area contributed by atoms with Crippen molar-refractivity contribution >= 4 is 17.5 Å². The Bertz CT molecular complexity index is 516. The standard InChI is InChI=1S/C13H14F2N2O3/c14-9-1-2-11(10(15)7-9)16-12(18)8-13(19)17-3-5-20-6-4-17/h1-2,7H,3-6,8H2,(H,16,18). The molecule has 20 heavy (non-hydrogen) atoms. The van der Waals surface area contributed by atoms with Gasteiger partial charge in [-0.1, -0.05) is 0 Å². The molecule has 0 bridgehead atoms. The lowest BCUT2D eigenvalue weighted by atomic mass is 10.2. The Morgan fingerprint density at radius 2 is 1.95 bits per heavy atom. The topological polar surface area (TPSA) is 58.6 Å². The predicted octanol–water partition coefficient (Wildman–Crippen LogP) is 1.15. The lowest BCUT2D eigenvalue weighted by molar-refractivity contribution is -0.138. The number of amides is 2. The summed E-state index contributed by atoms with van der Waals surface area (Å²) < 4.78 is 31.1. The smallest absolute Gasteiger partial charge is 0.233 e. The van der Waals surface area contributed by atoms with E-state index in [1.54, 1.807) is 0 Å². The molecule has 1 aliphatic heterocycles. The molecule has 1 N–H and O–H groups in total. The Balaban J connectivity index is 1.90. The molecule has 0 aliphatic carbocycles. The molecule has 0 unspecified atom stereocenters. The third-order valence-corrected chi connectivity index (χ3v) is 2.88. The quantitative estimate of drug-likeness (QED) is 0.847. The number of hydrogen-bond acceptors (Lipinski definition) is 3. The number of halogens is 2. The molecule has 0 aromatic heterocycles. The van der Waals surface area contributed by atoms with Crippen molar-refractivity contribution in [3.8, 4) is 0 Å². The number of hydrogen-bond donors (Lipinski definition) is 1. The van der Waals surface area contributed by atoms with E-state index in [0.29, 0.717) is 32.4 Å². The molecule has 1 heterocycles. The fraction of sp³-hybridized carbons (Fsp3) is 0.385. The molecule has 1 aromatic rings. The summed E-state index contributed by atoms with van der Waals surface area (Å²) in [5.41, 5.74) is -0.147. The highest BCUT2D eigenvalue weighted by molar-refractivity contribution is 6.03. The van der Waals surface area contributed by atoms with E-state index in [-0.39, 0.29) is 18.0 Å². The predicted molar refractivity (Wildman–Crippen MR) is 67.0 cm³/mol. The summed E-state index contributed by atoms with van der Waals surface area (Å²) in [5.74, 6) is -2.58. The molecule has 1 saturated heterocycles. The summed E-state index contributed by atoms with van der Waals surface area (Å²) in [5, 5.41) is 2.25. The van der Waals surface area contributed by atoms with Crippen molar-refractivity contribution in [1.82, 2.24) is 4.90 Å². The molecule has 5 nitrogen and oxygen atoms in total. The van der Waals surface area contributed by atoms with Gasteiger partial charge in [0.15, 0.2) is 0 Å². The van der Waals surface area contributed by atoms with Gasteiger partial charge in [0.2, 0.25) is 11.8 Å². The van der Waals surface area contributed by atoms with Gasteiger partial charge in [0.05, 0.1) is 18.9 Å². The van der Waals surface area contributed by atoms with Gasteiger partial charge in [-0.05, 0) is 12.1 Å². The second-order valence-electron chi connectivity index (χ2n) is 4.34. The molecule has 0 radical (unpaired) electrons. The fourth-order valence-corrected chi connectivity index (χ4v) is 1.85. The highest BCUT2D eigenvalue weighted by atomic mass is 19.1. The van der Waals surface area contributed by atoms with Crippen molar-refractivity contribution in [1.29, 1.82) is 0 Å². The van der Waals surface area contributed by atoms with Crippen LogP contribution in [-0.4, -0.2) is 43.0 Å². The summed E-state index contributed by atoms with van der Waals surface area (Å²) in [7, 11) is 0. The van der Waals surface area contributed by atoms with Crippen LogP contribution in [0.15, 0.2) is 18.2 Å². The van der Waals surface area contributed by atoms with Crippen molar-refractivity contribution in [2.24, 2.45) is 0 Å². The highest BCUT2D eigenvalue weighted by Crippen LogP contribution is 2.15. The Morgan fingerprint density at radius 3 is 2.60 bits per heavy atom. The molecule has 1 fully saturated rings. The summed E-state index contributed by atoms with van der Waals surface area (Å²) in [4.78, 5) is 25.0. The number of nitrogens with zero attached hydrogens (tertiary/aromatic N) is 1. The van der Waals surface area contributed by atoms with Crippen LogP contribution >= 0.6 is 0 Å². The van der Waals surface area contributed by atoms with E-state index in [1.807, 2.05) is 0 Å². The van der Waals surface area contributed by atoms with E-state index in [9.17, 15) is 18.4 Å². The minimum Gasteiger partial charge on any atom is -0.378 e. The van der Waals surface area contributed by atoms with Crippen molar-refractivity contribution in [3.05, 3.63) is 29.8 Å². The number of morpholine rings is 1. The van der Waals surface area contributed by atoms with E-state index >= 15 is 0 Å². The monoisotopic (exact) mass is 284 g/mol. The van der Waals surface area contributed by atoms with Crippen LogP contribution in [0, 0.1) is 11.6 Å². The fourth-order valence-electron chi connectivity index (χ4n) is 1.85. The van der Waals surface area contributed by atoms with Crippen molar-refractivity contribution in [2.75, 3.05) is 31.6 Å². The van der Waals surface area contributed by atoms with Crippen molar-refractivity contribution < 1.29 is 23.1 Å². The van der Waals surface area contributed by atoms with Gasteiger partial charge >= 0.3 is 0 Å². The zero-order valence-corrected chi connectivity index (χ0v) is 10.7. The molecular weight excluding hydrogens is 270 g/mol. The maximum Gasteiger partial charge on any atom is 0.233 e. The van der Waals surface area contributed by atoms with Crippen LogP contribution in [0.1, 0.15) is 6.42 Å². The number of ether oxygens (including phenoxy) is 1. The normalized spacial score (nSPS) is 15.0. The zero-order valence-electron chi connectivity index (χ0n) is 10.7. The van der Waals surface area contributed by atoms with E-state index < -0.39 is 17.5 Å². The molecule has 0 saturated carbocycles. The second kappa shape index (κ2) is 6.42. The molecule has 108 valence electrons. The lowest BCUT2D eigenvalue weighted by Crippen LogP contribution is -2.42. The first-order valence-electron chi connectivity index (χ1n) is 6.16. The molecule has 2 rings (SSSR count). The number of nitrogens with one attached hydrogen (secondary N) is 1. The van der Waals surface area contributed by atoms with Gasteiger partial charge in [0.1, 0.15) is 18.1 Å². The zero-order chi connectivity index (χ0) is 14.5. The van der Waals surface area contributed by atoms with Crippen LogP contribution in [-0.2, 0) is 14.3 Å². The van der Waals surface area contributed by atoms with Gasteiger partial charge < -0.3 is 15.0 Å². The average molecular weight is 284 g/mol. The van der Waals surface area contributed by atoms with Gasteiger partial charge in [0, 0.05) is 19.2 Å². The maximum atomic E-state index is 13.3. The molecule has 7 heteroatoms. The summed E-state index contributed by atoms with van der Waals surface area (Å²) in [6, 6.07) is 2.81. The average Bonchev–Trinajstić information content (AvgIpc) is 2.43. The largest absolute Gasteiger partial charge is 0.378 e. The molecule has 1 aliphatic rings. The number of benzene rings is 1. The van der Waals surface area contributed by atoms with Crippen LogP contribution in [0.2, 0.25) is 0 Å². The summed E-state index contributed by atoms with van der Waals surface area (Å²) in [6.45, 7) is 1.77. The molecule has 0 spiro atoms. The Labute approximate surface area is 114 Å². The first kappa shape index (κ1) is 14.4. The van der Waals surface area contributed by atoms with Crippen molar-refractivity contribution in [2.45, 2.75) is 6.42 Å². The first-order valence-corrected chi connectivity index (χ1v) is 6.16. The third kappa shape index (κ3) is 3.74. The summed E-state index contributed by atoms with van der Waals surface area (Å²) >= 11 is 0. The Hall–Kier alpha value is -2.02. The van der Waals surface area contributed by atoms with E-state index in [4.69, 9.17) is 4.74 Å². The highest BCUT2D eigenvalue weighted by Gasteiger charge is 2.20. The van der Waals surface area contributed by atoms with Gasteiger partial charge in [-0.25, -0.2) is 8.78 Å². The first-order chi connectivity index (χ1) is 9.56. The molecule has 2 amide bonds. The number of anilines is 1. The van der Waals surface area contributed by atoms with Gasteiger partial charge in [-0.2, -0.15) is 0 Å². The molecule has 1 aromatic carbocycles. The maximum absolute atomic E-state index is 13.3. The Morgan fingerprint density at radius 1 is 1.25 bits per heavy atom. The van der Waals surface area contributed by atoms with Crippen LogP contribution in [0.4, 0.5) is 14.5 Å². The van der Waals surface area contributed by atoms with Crippen LogP contribution in [0.5, 0.6) is 0 Å². The molecule has 0 atom stereocenters. The van der Waals surface area contributed by atoms with Gasteiger partial charge in [-0.15, -0.1) is 0 Å². The lowest BCUT2D eigenvalue weighted by Gasteiger charge is -2.26. The minimum atomic E-state index is -0.878. The van der Waals surface area contributed by atoms with Gasteiger partial charge in [0.25, 0.3) is 0 Å². The number of rotatable bonds is 3. The van der Waals surface area contributed by atoms with Crippen LogP contribution in [0.3, 0.4) is 0 Å². The van der Waals surface area contributed by atoms with E-state index in [1.165, 1.54) is 4.90 Å².